The summed E-state index contributed by atoms with van der Waals surface area (Å²) >= 11 is 1.38. The van der Waals surface area contributed by atoms with Crippen LogP contribution < -0.4 is 10.1 Å². The Morgan fingerprint density at radius 1 is 1.10 bits per heavy atom. The number of rotatable bonds is 8. The molecule has 0 unspecified atom stereocenters. The van der Waals surface area contributed by atoms with Crippen LogP contribution in [0.1, 0.15) is 35.0 Å². The molecule has 0 aliphatic rings. The largest absolute Gasteiger partial charge is 0.485 e. The van der Waals surface area contributed by atoms with Gasteiger partial charge in [0.15, 0.2) is 11.0 Å². The maximum absolute atomic E-state index is 12.4. The number of nitrogens with one attached hydrogen (secondary N) is 1. The first kappa shape index (κ1) is 21.9. The van der Waals surface area contributed by atoms with Crippen LogP contribution in [0.2, 0.25) is 0 Å². The minimum Gasteiger partial charge on any atom is -0.485 e. The molecule has 0 spiro atoms. The Hall–Kier alpha value is -2.80. The zero-order chi connectivity index (χ0) is 21.7. The third kappa shape index (κ3) is 5.42. The van der Waals surface area contributed by atoms with Crippen molar-refractivity contribution in [1.82, 2.24) is 14.8 Å². The van der Waals surface area contributed by atoms with E-state index in [0.717, 1.165) is 34.0 Å². The molecule has 0 saturated carbocycles. The number of anilines is 1. The number of ether oxygens (including phenoxy) is 1. The van der Waals surface area contributed by atoms with Crippen molar-refractivity contribution in [1.29, 1.82) is 0 Å². The average molecular weight is 425 g/mol. The van der Waals surface area contributed by atoms with E-state index in [1.165, 1.54) is 17.3 Å². The Bertz CT molecular complexity index is 1030. The lowest BCUT2D eigenvalue weighted by Gasteiger charge is -2.12. The summed E-state index contributed by atoms with van der Waals surface area (Å²) in [6.07, 6.45) is 0. The second-order valence-electron chi connectivity index (χ2n) is 7.34. The van der Waals surface area contributed by atoms with Gasteiger partial charge in [-0.2, -0.15) is 0 Å². The van der Waals surface area contributed by atoms with Gasteiger partial charge in [0.1, 0.15) is 12.4 Å². The number of carbonyl (C=O) groups is 1. The molecule has 3 aromatic rings. The SMILES string of the molecule is CCn1c(COc2cccc(C)c2C)nnc1SCC(=O)Nc1cc(C)cc(C)c1. The lowest BCUT2D eigenvalue weighted by atomic mass is 10.1. The van der Waals surface area contributed by atoms with E-state index in [2.05, 4.69) is 34.6 Å². The van der Waals surface area contributed by atoms with E-state index in [1.807, 2.05) is 56.5 Å². The highest BCUT2D eigenvalue weighted by Crippen LogP contribution is 2.23. The van der Waals surface area contributed by atoms with Gasteiger partial charge >= 0.3 is 0 Å². The fraction of sp³-hybridized carbons (Fsp3) is 0.348. The van der Waals surface area contributed by atoms with E-state index >= 15 is 0 Å². The van der Waals surface area contributed by atoms with Gasteiger partial charge in [-0.05, 0) is 75.1 Å². The quantitative estimate of drug-likeness (QED) is 0.524. The molecule has 0 aliphatic heterocycles. The van der Waals surface area contributed by atoms with E-state index in [4.69, 9.17) is 4.74 Å². The molecule has 6 nitrogen and oxygen atoms in total. The molecule has 0 radical (unpaired) electrons. The molecule has 1 amide bonds. The number of benzene rings is 2. The van der Waals surface area contributed by atoms with Crippen LogP contribution in [0.15, 0.2) is 41.6 Å². The second-order valence-corrected chi connectivity index (χ2v) is 8.29. The van der Waals surface area contributed by atoms with Crippen LogP contribution in [-0.2, 0) is 17.9 Å². The summed E-state index contributed by atoms with van der Waals surface area (Å²) in [5.74, 6) is 1.80. The van der Waals surface area contributed by atoms with E-state index in [1.54, 1.807) is 0 Å². The molecule has 3 rings (SSSR count). The van der Waals surface area contributed by atoms with Crippen molar-refractivity contribution in [3.8, 4) is 5.75 Å². The summed E-state index contributed by atoms with van der Waals surface area (Å²) in [6.45, 7) is 11.2. The van der Waals surface area contributed by atoms with Crippen molar-refractivity contribution in [3.63, 3.8) is 0 Å². The van der Waals surface area contributed by atoms with E-state index in [0.29, 0.717) is 18.3 Å². The van der Waals surface area contributed by atoms with Gasteiger partial charge in [0, 0.05) is 12.2 Å². The van der Waals surface area contributed by atoms with Crippen molar-refractivity contribution in [2.45, 2.75) is 52.9 Å². The number of carbonyl (C=O) groups excluding carboxylic acids is 1. The van der Waals surface area contributed by atoms with Gasteiger partial charge in [0.2, 0.25) is 5.91 Å². The van der Waals surface area contributed by atoms with Gasteiger partial charge in [-0.1, -0.05) is 30.0 Å². The number of amides is 1. The van der Waals surface area contributed by atoms with Crippen molar-refractivity contribution < 1.29 is 9.53 Å². The molecular weight excluding hydrogens is 396 g/mol. The summed E-state index contributed by atoms with van der Waals surface area (Å²) in [7, 11) is 0. The van der Waals surface area contributed by atoms with Crippen molar-refractivity contribution in [2.24, 2.45) is 0 Å². The van der Waals surface area contributed by atoms with Crippen molar-refractivity contribution >= 4 is 23.4 Å². The molecule has 0 aliphatic carbocycles. The number of hydrogen-bond acceptors (Lipinski definition) is 5. The van der Waals surface area contributed by atoms with Crippen molar-refractivity contribution in [2.75, 3.05) is 11.1 Å². The monoisotopic (exact) mass is 424 g/mol. The Kier molecular flexibility index (Phi) is 7.15. The van der Waals surface area contributed by atoms with Gasteiger partial charge in [0.05, 0.1) is 5.75 Å². The van der Waals surface area contributed by atoms with Gasteiger partial charge < -0.3 is 14.6 Å². The van der Waals surface area contributed by atoms with E-state index in [9.17, 15) is 4.79 Å². The maximum Gasteiger partial charge on any atom is 0.234 e. The third-order valence-corrected chi connectivity index (χ3v) is 5.83. The zero-order valence-electron chi connectivity index (χ0n) is 18.2. The predicted molar refractivity (Wildman–Crippen MR) is 121 cm³/mol. The number of hydrogen-bond donors (Lipinski definition) is 1. The number of nitrogens with zero attached hydrogens (tertiary/aromatic N) is 3. The molecule has 2 aromatic carbocycles. The molecule has 0 fully saturated rings. The summed E-state index contributed by atoms with van der Waals surface area (Å²) in [6, 6.07) is 12.0. The Balaban J connectivity index is 1.61. The normalized spacial score (nSPS) is 10.8. The lowest BCUT2D eigenvalue weighted by Crippen LogP contribution is -2.15. The highest BCUT2D eigenvalue weighted by molar-refractivity contribution is 7.99. The van der Waals surface area contributed by atoms with Crippen LogP contribution in [0, 0.1) is 27.7 Å². The smallest absolute Gasteiger partial charge is 0.234 e. The van der Waals surface area contributed by atoms with Crippen LogP contribution in [0.4, 0.5) is 5.69 Å². The first-order valence-electron chi connectivity index (χ1n) is 9.99. The van der Waals surface area contributed by atoms with Crippen molar-refractivity contribution in [3.05, 3.63) is 64.5 Å². The Morgan fingerprint density at radius 3 is 2.53 bits per heavy atom. The molecular formula is C23H28N4O2S. The summed E-state index contributed by atoms with van der Waals surface area (Å²) < 4.78 is 7.96. The summed E-state index contributed by atoms with van der Waals surface area (Å²) in [5, 5.41) is 12.2. The number of aromatic nitrogens is 3. The highest BCUT2D eigenvalue weighted by Gasteiger charge is 2.14. The molecule has 1 heterocycles. The molecule has 1 N–H and O–H groups in total. The summed E-state index contributed by atoms with van der Waals surface area (Å²) in [5.41, 5.74) is 5.38. The highest BCUT2D eigenvalue weighted by atomic mass is 32.2. The molecule has 7 heteroatoms. The molecule has 30 heavy (non-hydrogen) atoms. The van der Waals surface area contributed by atoms with Gasteiger partial charge in [-0.3, -0.25) is 4.79 Å². The van der Waals surface area contributed by atoms with Crippen LogP contribution in [0.5, 0.6) is 5.75 Å². The fourth-order valence-electron chi connectivity index (χ4n) is 3.25. The second kappa shape index (κ2) is 9.80. The molecule has 0 atom stereocenters. The average Bonchev–Trinajstić information content (AvgIpc) is 3.08. The standard InChI is InChI=1S/C23H28N4O2S/c1-6-27-21(13-29-20-9-7-8-17(4)18(20)5)25-26-23(27)30-14-22(28)24-19-11-15(2)10-16(3)12-19/h7-12H,6,13-14H2,1-5H3,(H,24,28). The van der Waals surface area contributed by atoms with Gasteiger partial charge in [-0.15, -0.1) is 10.2 Å². The van der Waals surface area contributed by atoms with Gasteiger partial charge in [0.25, 0.3) is 0 Å². The minimum atomic E-state index is -0.0659. The lowest BCUT2D eigenvalue weighted by molar-refractivity contribution is -0.113. The molecule has 1 aromatic heterocycles. The molecule has 0 bridgehead atoms. The third-order valence-electron chi connectivity index (χ3n) is 4.86. The predicted octanol–water partition coefficient (Wildman–Crippen LogP) is 4.84. The van der Waals surface area contributed by atoms with Gasteiger partial charge in [-0.25, -0.2) is 0 Å². The Labute approximate surface area is 182 Å². The Morgan fingerprint density at radius 2 is 1.83 bits per heavy atom. The zero-order valence-corrected chi connectivity index (χ0v) is 19.0. The first-order chi connectivity index (χ1) is 14.4. The topological polar surface area (TPSA) is 69.0 Å². The number of thioether (sulfide) groups is 1. The fourth-order valence-corrected chi connectivity index (χ4v) is 4.07. The number of aryl methyl sites for hydroxylation is 3. The summed E-state index contributed by atoms with van der Waals surface area (Å²) in [4.78, 5) is 12.4. The van der Waals surface area contributed by atoms with Crippen LogP contribution in [-0.4, -0.2) is 26.4 Å². The minimum absolute atomic E-state index is 0.0659. The molecule has 158 valence electrons. The maximum atomic E-state index is 12.4. The van der Waals surface area contributed by atoms with Crippen LogP contribution >= 0.6 is 11.8 Å². The first-order valence-corrected chi connectivity index (χ1v) is 11.0. The van der Waals surface area contributed by atoms with Crippen LogP contribution in [0.3, 0.4) is 0 Å². The van der Waals surface area contributed by atoms with Crippen LogP contribution in [0.25, 0.3) is 0 Å². The van der Waals surface area contributed by atoms with E-state index < -0.39 is 0 Å². The van der Waals surface area contributed by atoms with E-state index in [-0.39, 0.29) is 11.7 Å². The molecule has 0 saturated heterocycles.